The number of likely N-dealkylation sites (tertiary alicyclic amines) is 1. The van der Waals surface area contributed by atoms with E-state index in [2.05, 4.69) is 0 Å². The van der Waals surface area contributed by atoms with Crippen LogP contribution < -0.4 is 0 Å². The van der Waals surface area contributed by atoms with Crippen LogP contribution in [-0.2, 0) is 9.53 Å². The Morgan fingerprint density at radius 3 is 2.38 bits per heavy atom. The maximum Gasteiger partial charge on any atom is 0.408 e. The number of nitrogens with zero attached hydrogens (tertiary/aromatic N) is 1. The zero-order valence-corrected chi connectivity index (χ0v) is 7.14. The van der Waals surface area contributed by atoms with E-state index in [-0.39, 0.29) is 19.1 Å². The molecule has 6 heteroatoms. The highest BCUT2D eigenvalue weighted by atomic mass is 16.5. The lowest BCUT2D eigenvalue weighted by molar-refractivity contribution is -0.141. The molecule has 0 saturated carbocycles. The average Bonchev–Trinajstić information content (AvgIpc) is 2.47. The summed E-state index contributed by atoms with van der Waals surface area (Å²) < 4.78 is 4.90. The molecule has 1 rings (SSSR count). The molecule has 74 valence electrons. The summed E-state index contributed by atoms with van der Waals surface area (Å²) in [6.07, 6.45) is -1.30. The topological polar surface area (TPSA) is 87.1 Å². The lowest BCUT2D eigenvalue weighted by Crippen LogP contribution is -2.39. The second-order valence-electron chi connectivity index (χ2n) is 2.88. The minimum atomic E-state index is -1.22. The molecule has 1 heterocycles. The molecule has 0 radical (unpaired) electrons. The first-order valence-electron chi connectivity index (χ1n) is 3.81. The van der Waals surface area contributed by atoms with E-state index < -0.39 is 18.1 Å². The molecule has 0 aromatic carbocycles. The van der Waals surface area contributed by atoms with E-state index in [0.29, 0.717) is 0 Å². The first kappa shape index (κ1) is 9.79. The molecule has 2 N–H and O–H groups in total. The van der Waals surface area contributed by atoms with Crippen molar-refractivity contribution in [1.82, 2.24) is 4.90 Å². The Kier molecular flexibility index (Phi) is 2.72. The van der Waals surface area contributed by atoms with E-state index in [0.717, 1.165) is 4.90 Å². The van der Waals surface area contributed by atoms with E-state index in [1.807, 2.05) is 0 Å². The fourth-order valence-electron chi connectivity index (χ4n) is 1.41. The highest BCUT2D eigenvalue weighted by molar-refractivity contribution is 5.80. The first-order valence-corrected chi connectivity index (χ1v) is 3.81. The SMILES string of the molecule is COC1C[C@H](C(=O)O)N(C(=O)O)C1. The van der Waals surface area contributed by atoms with Crippen LogP contribution in [0.5, 0.6) is 0 Å². The van der Waals surface area contributed by atoms with Gasteiger partial charge in [0.15, 0.2) is 0 Å². The minimum Gasteiger partial charge on any atom is -0.480 e. The predicted octanol–water partition coefficient (Wildman–Crippen LogP) is -0.162. The van der Waals surface area contributed by atoms with Crippen molar-refractivity contribution in [3.05, 3.63) is 0 Å². The zero-order chi connectivity index (χ0) is 10.0. The van der Waals surface area contributed by atoms with Gasteiger partial charge in [0.2, 0.25) is 0 Å². The molecular weight excluding hydrogens is 178 g/mol. The number of hydrogen-bond acceptors (Lipinski definition) is 3. The molecule has 6 nitrogen and oxygen atoms in total. The molecule has 1 unspecified atom stereocenters. The van der Waals surface area contributed by atoms with E-state index in [9.17, 15) is 9.59 Å². The Hall–Kier alpha value is -1.30. The lowest BCUT2D eigenvalue weighted by Gasteiger charge is -2.16. The van der Waals surface area contributed by atoms with Gasteiger partial charge in [-0.2, -0.15) is 0 Å². The summed E-state index contributed by atoms with van der Waals surface area (Å²) in [5.74, 6) is -1.12. The van der Waals surface area contributed by atoms with Crippen LogP contribution in [-0.4, -0.2) is 53.0 Å². The normalized spacial score (nSPS) is 27.6. The summed E-state index contributed by atoms with van der Waals surface area (Å²) in [7, 11) is 1.44. The van der Waals surface area contributed by atoms with Gasteiger partial charge in [-0.3, -0.25) is 4.90 Å². The van der Waals surface area contributed by atoms with Gasteiger partial charge in [-0.1, -0.05) is 0 Å². The largest absolute Gasteiger partial charge is 0.480 e. The third kappa shape index (κ3) is 1.89. The molecule has 0 spiro atoms. The van der Waals surface area contributed by atoms with Crippen LogP contribution >= 0.6 is 0 Å². The molecule has 1 aliphatic rings. The summed E-state index contributed by atoms with van der Waals surface area (Å²) in [6, 6.07) is -0.970. The fraction of sp³-hybridized carbons (Fsp3) is 0.714. The summed E-state index contributed by atoms with van der Waals surface area (Å²) in [4.78, 5) is 22.1. The summed E-state index contributed by atoms with van der Waals surface area (Å²) >= 11 is 0. The molecule has 0 aliphatic carbocycles. The zero-order valence-electron chi connectivity index (χ0n) is 7.14. The van der Waals surface area contributed by atoms with Gasteiger partial charge < -0.3 is 14.9 Å². The van der Waals surface area contributed by atoms with Crippen LogP contribution in [0.25, 0.3) is 0 Å². The van der Waals surface area contributed by atoms with Crippen LogP contribution in [0.4, 0.5) is 4.79 Å². The predicted molar refractivity (Wildman–Crippen MR) is 41.6 cm³/mol. The number of carboxylic acids is 1. The van der Waals surface area contributed by atoms with Gasteiger partial charge in [-0.05, 0) is 0 Å². The van der Waals surface area contributed by atoms with Crippen molar-refractivity contribution in [2.75, 3.05) is 13.7 Å². The molecule has 0 aromatic heterocycles. The van der Waals surface area contributed by atoms with Crippen molar-refractivity contribution in [2.24, 2.45) is 0 Å². The van der Waals surface area contributed by atoms with Crippen LogP contribution in [0.1, 0.15) is 6.42 Å². The quantitative estimate of drug-likeness (QED) is 0.630. The Morgan fingerprint density at radius 1 is 1.46 bits per heavy atom. The molecule has 1 fully saturated rings. The maximum absolute atomic E-state index is 10.6. The Bertz CT molecular complexity index is 207. The second-order valence-corrected chi connectivity index (χ2v) is 2.88. The number of ether oxygens (including phenoxy) is 1. The molecule has 1 saturated heterocycles. The van der Waals surface area contributed by atoms with Gasteiger partial charge in [-0.25, -0.2) is 9.59 Å². The smallest absolute Gasteiger partial charge is 0.408 e. The van der Waals surface area contributed by atoms with Gasteiger partial charge in [0.05, 0.1) is 12.6 Å². The molecule has 13 heavy (non-hydrogen) atoms. The number of aliphatic carboxylic acids is 1. The van der Waals surface area contributed by atoms with Crippen molar-refractivity contribution in [2.45, 2.75) is 18.6 Å². The molecular formula is C7H11NO5. The monoisotopic (exact) mass is 189 g/mol. The third-order valence-electron chi connectivity index (χ3n) is 2.13. The third-order valence-corrected chi connectivity index (χ3v) is 2.13. The van der Waals surface area contributed by atoms with Crippen molar-refractivity contribution < 1.29 is 24.5 Å². The van der Waals surface area contributed by atoms with Crippen molar-refractivity contribution in [3.8, 4) is 0 Å². The van der Waals surface area contributed by atoms with Crippen LogP contribution in [0, 0.1) is 0 Å². The number of methoxy groups -OCH3 is 1. The van der Waals surface area contributed by atoms with Crippen LogP contribution in [0.3, 0.4) is 0 Å². The van der Waals surface area contributed by atoms with E-state index >= 15 is 0 Å². The first-order chi connectivity index (χ1) is 6.06. The molecule has 0 bridgehead atoms. The Morgan fingerprint density at radius 2 is 2.08 bits per heavy atom. The van der Waals surface area contributed by atoms with Crippen LogP contribution in [0.15, 0.2) is 0 Å². The molecule has 1 amide bonds. The van der Waals surface area contributed by atoms with Gasteiger partial charge >= 0.3 is 12.1 Å². The number of carboxylic acid groups (broad SMARTS) is 2. The standard InChI is InChI=1S/C7H11NO5/c1-13-4-2-5(6(9)10)8(3-4)7(11)12/h4-5H,2-3H2,1H3,(H,9,10)(H,11,12)/t4?,5-/m1/s1. The second kappa shape index (κ2) is 3.61. The number of hydrogen-bond donors (Lipinski definition) is 2. The number of carbonyl (C=O) groups is 2. The molecule has 2 atom stereocenters. The average molecular weight is 189 g/mol. The molecule has 1 aliphatic heterocycles. The fourth-order valence-corrected chi connectivity index (χ4v) is 1.41. The number of amides is 1. The lowest BCUT2D eigenvalue weighted by atomic mass is 10.2. The van der Waals surface area contributed by atoms with Gasteiger partial charge in [0, 0.05) is 13.5 Å². The highest BCUT2D eigenvalue weighted by Crippen LogP contribution is 2.19. The van der Waals surface area contributed by atoms with Crippen molar-refractivity contribution >= 4 is 12.1 Å². The van der Waals surface area contributed by atoms with E-state index in [1.165, 1.54) is 7.11 Å². The van der Waals surface area contributed by atoms with Crippen LogP contribution in [0.2, 0.25) is 0 Å². The van der Waals surface area contributed by atoms with Gasteiger partial charge in [0.25, 0.3) is 0 Å². The minimum absolute atomic E-state index is 0.128. The number of rotatable bonds is 2. The van der Waals surface area contributed by atoms with Gasteiger partial charge in [0.1, 0.15) is 6.04 Å². The highest BCUT2D eigenvalue weighted by Gasteiger charge is 2.39. The van der Waals surface area contributed by atoms with Crippen molar-refractivity contribution in [1.29, 1.82) is 0 Å². The maximum atomic E-state index is 10.6. The summed E-state index contributed by atoms with van der Waals surface area (Å²) in [6.45, 7) is 0.128. The summed E-state index contributed by atoms with van der Waals surface area (Å²) in [5.41, 5.74) is 0. The van der Waals surface area contributed by atoms with E-state index in [4.69, 9.17) is 14.9 Å². The van der Waals surface area contributed by atoms with Gasteiger partial charge in [-0.15, -0.1) is 0 Å². The Labute approximate surface area is 74.7 Å². The molecule has 0 aromatic rings. The Balaban J connectivity index is 2.71. The van der Waals surface area contributed by atoms with E-state index in [1.54, 1.807) is 0 Å². The van der Waals surface area contributed by atoms with Crippen molar-refractivity contribution in [3.63, 3.8) is 0 Å². The summed E-state index contributed by atoms with van der Waals surface area (Å²) in [5, 5.41) is 17.3.